The zero-order valence-electron chi connectivity index (χ0n) is 15.2. The zero-order chi connectivity index (χ0) is 19.4. The first kappa shape index (κ1) is 18.3. The highest BCUT2D eigenvalue weighted by Gasteiger charge is 2.17. The second kappa shape index (κ2) is 7.82. The van der Waals surface area contributed by atoms with Crippen molar-refractivity contribution < 1.29 is 28.5 Å². The number of amides is 1. The van der Waals surface area contributed by atoms with Crippen molar-refractivity contribution in [1.82, 2.24) is 0 Å². The zero-order valence-corrected chi connectivity index (χ0v) is 15.2. The first-order valence-electron chi connectivity index (χ1n) is 8.15. The number of hydrogen-bond donors (Lipinski definition) is 1. The Bertz CT molecular complexity index is 919. The summed E-state index contributed by atoms with van der Waals surface area (Å²) in [5.41, 5.74) is 1.57. The molecule has 1 aliphatic rings. The van der Waals surface area contributed by atoms with Crippen LogP contribution in [-0.4, -0.2) is 39.6 Å². The van der Waals surface area contributed by atoms with Gasteiger partial charge in [0.25, 0.3) is 5.91 Å². The minimum Gasteiger partial charge on any atom is -0.496 e. The van der Waals surface area contributed by atoms with E-state index in [1.54, 1.807) is 36.4 Å². The number of methoxy groups -OCH3 is 3. The van der Waals surface area contributed by atoms with Crippen molar-refractivity contribution in [2.24, 2.45) is 0 Å². The molecule has 0 spiro atoms. The number of anilines is 1. The van der Waals surface area contributed by atoms with Crippen LogP contribution >= 0.6 is 0 Å². The number of fused-ring (bicyclic) bond motifs is 1. The molecule has 0 radical (unpaired) electrons. The van der Waals surface area contributed by atoms with Crippen LogP contribution in [0.5, 0.6) is 23.0 Å². The molecule has 1 N–H and O–H groups in total. The Balaban J connectivity index is 1.87. The minimum absolute atomic E-state index is 0.0285. The van der Waals surface area contributed by atoms with Gasteiger partial charge in [-0.25, -0.2) is 0 Å². The maximum Gasteiger partial charge on any atom is 0.262 e. The molecule has 0 aromatic heterocycles. The van der Waals surface area contributed by atoms with E-state index >= 15 is 0 Å². The molecular weight excluding hydrogens is 350 g/mol. The van der Waals surface area contributed by atoms with Crippen LogP contribution in [0.15, 0.2) is 36.4 Å². The fraction of sp³-hybridized carbons (Fsp3) is 0.200. The highest BCUT2D eigenvalue weighted by atomic mass is 16.5. The number of nitrogens with one attached hydrogen (secondary N) is 1. The number of carbonyl (C=O) groups is 2. The van der Waals surface area contributed by atoms with Gasteiger partial charge in [0.2, 0.25) is 0 Å². The van der Waals surface area contributed by atoms with Gasteiger partial charge in [0, 0.05) is 17.2 Å². The quantitative estimate of drug-likeness (QED) is 0.623. The molecule has 2 aromatic carbocycles. The second-order valence-corrected chi connectivity index (χ2v) is 5.69. The molecule has 1 heterocycles. The fourth-order valence-corrected chi connectivity index (χ4v) is 2.68. The first-order valence-corrected chi connectivity index (χ1v) is 8.15. The van der Waals surface area contributed by atoms with E-state index in [4.69, 9.17) is 18.9 Å². The van der Waals surface area contributed by atoms with Gasteiger partial charge < -0.3 is 24.3 Å². The third kappa shape index (κ3) is 3.87. The predicted octanol–water partition coefficient (Wildman–Crippen LogP) is 2.94. The summed E-state index contributed by atoms with van der Waals surface area (Å²) in [5.74, 6) is 1.66. The summed E-state index contributed by atoms with van der Waals surface area (Å²) in [6.07, 6.45) is 3.06. The largest absolute Gasteiger partial charge is 0.496 e. The Labute approximate surface area is 156 Å². The highest BCUT2D eigenvalue weighted by Crippen LogP contribution is 2.35. The lowest BCUT2D eigenvalue weighted by Crippen LogP contribution is -2.25. The lowest BCUT2D eigenvalue weighted by molar-refractivity contribution is -0.118. The SMILES string of the molecule is COc1cc(OC)c(OC)cc1C=CC(=O)c1ccc2c(c1)NC(=O)CO2. The van der Waals surface area contributed by atoms with Crippen LogP contribution < -0.4 is 24.3 Å². The van der Waals surface area contributed by atoms with Crippen LogP contribution in [-0.2, 0) is 4.79 Å². The lowest BCUT2D eigenvalue weighted by Gasteiger charge is -2.18. The molecular formula is C20H19NO6. The average Bonchev–Trinajstić information content (AvgIpc) is 2.70. The molecule has 0 atom stereocenters. The lowest BCUT2D eigenvalue weighted by atomic mass is 10.1. The number of ether oxygens (including phenoxy) is 4. The van der Waals surface area contributed by atoms with E-state index in [1.807, 2.05) is 0 Å². The number of ketones is 1. The number of rotatable bonds is 6. The molecule has 0 saturated heterocycles. The van der Waals surface area contributed by atoms with Gasteiger partial charge >= 0.3 is 0 Å². The van der Waals surface area contributed by atoms with E-state index < -0.39 is 0 Å². The molecule has 0 saturated carbocycles. The van der Waals surface area contributed by atoms with Crippen LogP contribution in [0, 0.1) is 0 Å². The van der Waals surface area contributed by atoms with Crippen LogP contribution in [0.3, 0.4) is 0 Å². The first-order chi connectivity index (χ1) is 13.0. The number of hydrogen-bond acceptors (Lipinski definition) is 6. The van der Waals surface area contributed by atoms with Crippen molar-refractivity contribution in [2.45, 2.75) is 0 Å². The summed E-state index contributed by atoms with van der Waals surface area (Å²) in [4.78, 5) is 24.0. The molecule has 0 fully saturated rings. The summed E-state index contributed by atoms with van der Waals surface area (Å²) in [5, 5.41) is 2.68. The Hall–Kier alpha value is -3.48. The fourth-order valence-electron chi connectivity index (χ4n) is 2.68. The van der Waals surface area contributed by atoms with Crippen molar-refractivity contribution in [3.8, 4) is 23.0 Å². The maximum absolute atomic E-state index is 12.5. The van der Waals surface area contributed by atoms with Gasteiger partial charge in [0.15, 0.2) is 23.9 Å². The normalized spacial score (nSPS) is 12.8. The van der Waals surface area contributed by atoms with Crippen molar-refractivity contribution in [2.75, 3.05) is 33.3 Å². The number of benzene rings is 2. The Morgan fingerprint density at radius 3 is 2.44 bits per heavy atom. The summed E-state index contributed by atoms with van der Waals surface area (Å²) >= 11 is 0. The topological polar surface area (TPSA) is 83.1 Å². The Kier molecular flexibility index (Phi) is 5.30. The van der Waals surface area contributed by atoms with Crippen molar-refractivity contribution in [3.05, 3.63) is 47.5 Å². The van der Waals surface area contributed by atoms with Gasteiger partial charge in [-0.15, -0.1) is 0 Å². The van der Waals surface area contributed by atoms with E-state index in [-0.39, 0.29) is 18.3 Å². The average molecular weight is 369 g/mol. The molecule has 140 valence electrons. The Morgan fingerprint density at radius 2 is 1.74 bits per heavy atom. The van der Waals surface area contributed by atoms with Crippen molar-refractivity contribution in [1.29, 1.82) is 0 Å². The molecule has 2 aromatic rings. The third-order valence-electron chi connectivity index (χ3n) is 4.05. The van der Waals surface area contributed by atoms with Crippen LogP contribution in [0.4, 0.5) is 5.69 Å². The monoisotopic (exact) mass is 369 g/mol. The summed E-state index contributed by atoms with van der Waals surface area (Å²) in [6.45, 7) is -0.0285. The standard InChI is InChI=1S/C20H19NO6/c1-24-17-10-19(26-3)18(25-2)9-13(17)4-6-15(22)12-5-7-16-14(8-12)21-20(23)11-27-16/h4-10H,11H2,1-3H3,(H,21,23). The van der Waals surface area contributed by atoms with E-state index in [2.05, 4.69) is 5.32 Å². The molecule has 3 rings (SSSR count). The van der Waals surface area contributed by atoms with Crippen LogP contribution in [0.25, 0.3) is 6.08 Å². The molecule has 1 amide bonds. The van der Waals surface area contributed by atoms with Crippen molar-refractivity contribution in [3.63, 3.8) is 0 Å². The summed E-state index contributed by atoms with van der Waals surface area (Å²) in [7, 11) is 4.61. The molecule has 7 nitrogen and oxygen atoms in total. The van der Waals surface area contributed by atoms with Gasteiger partial charge in [-0.3, -0.25) is 9.59 Å². The number of allylic oxidation sites excluding steroid dienone is 1. The number of carbonyl (C=O) groups excluding carboxylic acids is 2. The van der Waals surface area contributed by atoms with Gasteiger partial charge in [0.1, 0.15) is 11.5 Å². The van der Waals surface area contributed by atoms with E-state index in [0.717, 1.165) is 0 Å². The summed E-state index contributed by atoms with van der Waals surface area (Å²) < 4.78 is 21.2. The summed E-state index contributed by atoms with van der Waals surface area (Å²) in [6, 6.07) is 8.31. The van der Waals surface area contributed by atoms with Crippen LogP contribution in [0.2, 0.25) is 0 Å². The predicted molar refractivity (Wildman–Crippen MR) is 100 cm³/mol. The van der Waals surface area contributed by atoms with Gasteiger partial charge in [-0.2, -0.15) is 0 Å². The smallest absolute Gasteiger partial charge is 0.262 e. The van der Waals surface area contributed by atoms with Crippen molar-refractivity contribution >= 4 is 23.5 Å². The molecule has 7 heteroatoms. The third-order valence-corrected chi connectivity index (χ3v) is 4.05. The van der Waals surface area contributed by atoms with E-state index in [0.29, 0.717) is 39.8 Å². The molecule has 0 bridgehead atoms. The highest BCUT2D eigenvalue weighted by molar-refractivity contribution is 6.08. The molecule has 1 aliphatic heterocycles. The van der Waals surface area contributed by atoms with Gasteiger partial charge in [-0.1, -0.05) is 0 Å². The minimum atomic E-state index is -0.252. The van der Waals surface area contributed by atoms with Gasteiger partial charge in [-0.05, 0) is 36.4 Å². The van der Waals surface area contributed by atoms with Crippen LogP contribution in [0.1, 0.15) is 15.9 Å². The molecule has 0 unspecified atom stereocenters. The maximum atomic E-state index is 12.5. The van der Waals surface area contributed by atoms with E-state index in [1.165, 1.54) is 27.4 Å². The van der Waals surface area contributed by atoms with E-state index in [9.17, 15) is 9.59 Å². The Morgan fingerprint density at radius 1 is 1.04 bits per heavy atom. The molecule has 0 aliphatic carbocycles. The molecule has 27 heavy (non-hydrogen) atoms. The van der Waals surface area contributed by atoms with Gasteiger partial charge in [0.05, 0.1) is 27.0 Å². The second-order valence-electron chi connectivity index (χ2n) is 5.69.